The first-order chi connectivity index (χ1) is 9.56. The van der Waals surface area contributed by atoms with Crippen molar-refractivity contribution in [1.82, 2.24) is 19.7 Å². The minimum atomic E-state index is -0.0422. The molecule has 0 unspecified atom stereocenters. The van der Waals surface area contributed by atoms with Crippen LogP contribution in [-0.4, -0.2) is 46.2 Å². The van der Waals surface area contributed by atoms with Gasteiger partial charge in [-0.2, -0.15) is 5.10 Å². The summed E-state index contributed by atoms with van der Waals surface area (Å²) in [7, 11) is 5.35. The molecule has 0 fully saturated rings. The quantitative estimate of drug-likeness (QED) is 0.888. The summed E-state index contributed by atoms with van der Waals surface area (Å²) >= 11 is 0. The van der Waals surface area contributed by atoms with E-state index in [-0.39, 0.29) is 5.91 Å². The predicted octanol–water partition coefficient (Wildman–Crippen LogP) is 1.17. The van der Waals surface area contributed by atoms with E-state index in [2.05, 4.69) is 15.4 Å². The molecule has 0 saturated heterocycles. The Balaban J connectivity index is 1.86. The number of aryl methyl sites for hydroxylation is 1. The molecule has 2 aromatic rings. The number of nitrogens with one attached hydrogen (secondary N) is 1. The van der Waals surface area contributed by atoms with E-state index in [1.165, 1.54) is 10.5 Å². The van der Waals surface area contributed by atoms with Crippen molar-refractivity contribution in [3.63, 3.8) is 0 Å². The minimum absolute atomic E-state index is 0.0422. The van der Waals surface area contributed by atoms with Crippen molar-refractivity contribution in [3.05, 3.63) is 41.9 Å². The molecule has 0 spiro atoms. The Hall–Kier alpha value is -2.37. The van der Waals surface area contributed by atoms with Crippen molar-refractivity contribution in [2.24, 2.45) is 7.05 Å². The zero-order chi connectivity index (χ0) is 14.5. The Morgan fingerprint density at radius 2 is 2.15 bits per heavy atom. The first kappa shape index (κ1) is 14.0. The summed E-state index contributed by atoms with van der Waals surface area (Å²) in [6, 6.07) is 3.60. The fraction of sp³-hybridized carbons (Fsp3) is 0.357. The van der Waals surface area contributed by atoms with Gasteiger partial charge in [0.2, 0.25) is 0 Å². The molecule has 2 aromatic heterocycles. The Morgan fingerprint density at radius 1 is 1.35 bits per heavy atom. The van der Waals surface area contributed by atoms with Crippen molar-refractivity contribution in [2.45, 2.75) is 6.42 Å². The number of hydrogen-bond donors (Lipinski definition) is 1. The second kappa shape index (κ2) is 6.18. The van der Waals surface area contributed by atoms with E-state index in [4.69, 9.17) is 0 Å². The van der Waals surface area contributed by atoms with Crippen LogP contribution < -0.4 is 5.32 Å². The summed E-state index contributed by atoms with van der Waals surface area (Å²) in [6.07, 6.45) is 6.32. The SMILES string of the molecule is CN(C)C(=O)c1ccc(NCCc2cnn(C)c2)nc1. The Labute approximate surface area is 118 Å². The van der Waals surface area contributed by atoms with Crippen LogP contribution in [0.3, 0.4) is 0 Å². The van der Waals surface area contributed by atoms with Crippen LogP contribution in [0.5, 0.6) is 0 Å². The van der Waals surface area contributed by atoms with Crippen molar-refractivity contribution in [2.75, 3.05) is 26.0 Å². The van der Waals surface area contributed by atoms with Gasteiger partial charge in [0.05, 0.1) is 11.8 Å². The van der Waals surface area contributed by atoms with Gasteiger partial charge in [0.1, 0.15) is 5.82 Å². The van der Waals surface area contributed by atoms with E-state index in [0.29, 0.717) is 5.56 Å². The maximum atomic E-state index is 11.7. The molecule has 0 bridgehead atoms. The summed E-state index contributed by atoms with van der Waals surface area (Å²) in [5.41, 5.74) is 1.77. The van der Waals surface area contributed by atoms with Gasteiger partial charge in [-0.15, -0.1) is 0 Å². The highest BCUT2D eigenvalue weighted by molar-refractivity contribution is 5.93. The number of nitrogens with zero attached hydrogens (tertiary/aromatic N) is 4. The van der Waals surface area contributed by atoms with Crippen LogP contribution in [-0.2, 0) is 13.5 Å². The number of rotatable bonds is 5. The zero-order valence-corrected chi connectivity index (χ0v) is 12.0. The number of carbonyl (C=O) groups excluding carboxylic acids is 1. The molecule has 0 aromatic carbocycles. The largest absolute Gasteiger partial charge is 0.370 e. The van der Waals surface area contributed by atoms with Crippen LogP contribution in [0.1, 0.15) is 15.9 Å². The number of anilines is 1. The molecule has 0 aliphatic carbocycles. The number of carbonyl (C=O) groups is 1. The first-order valence-electron chi connectivity index (χ1n) is 6.45. The minimum Gasteiger partial charge on any atom is -0.370 e. The molecular formula is C14H19N5O. The molecule has 20 heavy (non-hydrogen) atoms. The third-order valence-corrected chi connectivity index (χ3v) is 2.89. The maximum Gasteiger partial charge on any atom is 0.254 e. The highest BCUT2D eigenvalue weighted by Crippen LogP contribution is 2.07. The smallest absolute Gasteiger partial charge is 0.254 e. The monoisotopic (exact) mass is 273 g/mol. The second-order valence-electron chi connectivity index (χ2n) is 4.83. The molecule has 0 aliphatic heterocycles. The van der Waals surface area contributed by atoms with Crippen LogP contribution in [0.25, 0.3) is 0 Å². The van der Waals surface area contributed by atoms with Crippen molar-refractivity contribution >= 4 is 11.7 Å². The van der Waals surface area contributed by atoms with Gasteiger partial charge in [0.25, 0.3) is 5.91 Å². The Bertz CT molecular complexity index is 574. The predicted molar refractivity (Wildman–Crippen MR) is 77.7 cm³/mol. The number of amides is 1. The van der Waals surface area contributed by atoms with Gasteiger partial charge in [0, 0.05) is 40.1 Å². The molecule has 1 amide bonds. The van der Waals surface area contributed by atoms with E-state index < -0.39 is 0 Å². The lowest BCUT2D eigenvalue weighted by molar-refractivity contribution is 0.0827. The van der Waals surface area contributed by atoms with Gasteiger partial charge in [-0.1, -0.05) is 0 Å². The maximum absolute atomic E-state index is 11.7. The summed E-state index contributed by atoms with van der Waals surface area (Å²) < 4.78 is 1.79. The Kier molecular flexibility index (Phi) is 4.34. The molecule has 6 heteroatoms. The topological polar surface area (TPSA) is 63.1 Å². The third kappa shape index (κ3) is 3.57. The molecule has 0 aliphatic rings. The summed E-state index contributed by atoms with van der Waals surface area (Å²) in [5, 5.41) is 7.35. The lowest BCUT2D eigenvalue weighted by Gasteiger charge is -2.10. The summed E-state index contributed by atoms with van der Waals surface area (Å²) in [4.78, 5) is 17.5. The lowest BCUT2D eigenvalue weighted by Crippen LogP contribution is -2.21. The van der Waals surface area contributed by atoms with Gasteiger partial charge in [0.15, 0.2) is 0 Å². The van der Waals surface area contributed by atoms with E-state index in [1.807, 2.05) is 25.5 Å². The Morgan fingerprint density at radius 3 is 2.70 bits per heavy atom. The normalized spacial score (nSPS) is 10.3. The van der Waals surface area contributed by atoms with Crippen LogP contribution in [0.2, 0.25) is 0 Å². The van der Waals surface area contributed by atoms with Crippen molar-refractivity contribution < 1.29 is 4.79 Å². The van der Waals surface area contributed by atoms with E-state index in [1.54, 1.807) is 31.0 Å². The van der Waals surface area contributed by atoms with E-state index >= 15 is 0 Å². The molecule has 0 atom stereocenters. The first-order valence-corrected chi connectivity index (χ1v) is 6.45. The molecular weight excluding hydrogens is 254 g/mol. The van der Waals surface area contributed by atoms with Crippen LogP contribution in [0.4, 0.5) is 5.82 Å². The molecule has 0 saturated carbocycles. The molecule has 1 N–H and O–H groups in total. The molecule has 2 rings (SSSR count). The average molecular weight is 273 g/mol. The third-order valence-electron chi connectivity index (χ3n) is 2.89. The average Bonchev–Trinajstić information content (AvgIpc) is 2.84. The van der Waals surface area contributed by atoms with Gasteiger partial charge < -0.3 is 10.2 Å². The standard InChI is InChI=1S/C14H19N5O/c1-18(2)14(20)12-4-5-13(16-9-12)15-7-6-11-8-17-19(3)10-11/h4-5,8-10H,6-7H2,1-3H3,(H,15,16). The summed E-state index contributed by atoms with van der Waals surface area (Å²) in [6.45, 7) is 0.777. The zero-order valence-electron chi connectivity index (χ0n) is 12.0. The summed E-state index contributed by atoms with van der Waals surface area (Å²) in [5.74, 6) is 0.726. The fourth-order valence-electron chi connectivity index (χ4n) is 1.82. The molecule has 6 nitrogen and oxygen atoms in total. The van der Waals surface area contributed by atoms with Crippen molar-refractivity contribution in [3.8, 4) is 0 Å². The second-order valence-corrected chi connectivity index (χ2v) is 4.83. The van der Waals surface area contributed by atoms with Crippen LogP contribution in [0.15, 0.2) is 30.7 Å². The van der Waals surface area contributed by atoms with E-state index in [0.717, 1.165) is 18.8 Å². The van der Waals surface area contributed by atoms with Crippen LogP contribution in [0, 0.1) is 0 Å². The van der Waals surface area contributed by atoms with Gasteiger partial charge in [-0.05, 0) is 24.1 Å². The molecule has 106 valence electrons. The number of hydrogen-bond acceptors (Lipinski definition) is 4. The number of pyridine rings is 1. The number of aromatic nitrogens is 3. The molecule has 0 radical (unpaired) electrons. The van der Waals surface area contributed by atoms with Gasteiger partial charge >= 0.3 is 0 Å². The van der Waals surface area contributed by atoms with E-state index in [9.17, 15) is 4.79 Å². The fourth-order valence-corrected chi connectivity index (χ4v) is 1.82. The van der Waals surface area contributed by atoms with Crippen molar-refractivity contribution in [1.29, 1.82) is 0 Å². The molecule has 2 heterocycles. The van der Waals surface area contributed by atoms with Gasteiger partial charge in [-0.25, -0.2) is 4.98 Å². The highest BCUT2D eigenvalue weighted by atomic mass is 16.2. The highest BCUT2D eigenvalue weighted by Gasteiger charge is 2.07. The van der Waals surface area contributed by atoms with Crippen LogP contribution >= 0.6 is 0 Å². The lowest BCUT2D eigenvalue weighted by atomic mass is 10.2. The van der Waals surface area contributed by atoms with Gasteiger partial charge in [-0.3, -0.25) is 9.48 Å².